The lowest BCUT2D eigenvalue weighted by Crippen LogP contribution is -2.43. The van der Waals surface area contributed by atoms with Crippen molar-refractivity contribution in [1.29, 1.82) is 0 Å². The molecule has 0 spiro atoms. The molecule has 2 aliphatic rings. The van der Waals surface area contributed by atoms with Crippen LogP contribution in [0.3, 0.4) is 0 Å². The zero-order chi connectivity index (χ0) is 15.6. The third kappa shape index (κ3) is 2.98. The Kier molecular flexibility index (Phi) is 4.39. The van der Waals surface area contributed by atoms with Crippen LogP contribution in [0.25, 0.3) is 0 Å². The van der Waals surface area contributed by atoms with E-state index in [0.29, 0.717) is 26.1 Å². The van der Waals surface area contributed by atoms with E-state index in [-0.39, 0.29) is 11.3 Å². The van der Waals surface area contributed by atoms with E-state index < -0.39 is 0 Å². The Balaban J connectivity index is 1.78. The Morgan fingerprint density at radius 1 is 1.32 bits per heavy atom. The number of hydrogen-bond acceptors (Lipinski definition) is 3. The van der Waals surface area contributed by atoms with Crippen LogP contribution in [0, 0.1) is 12.3 Å². The Hall–Kier alpha value is -1.55. The number of aryl methyl sites for hydroxylation is 1. The average Bonchev–Trinajstić information content (AvgIpc) is 2.54. The number of rotatable bonds is 3. The molecule has 1 aliphatic carbocycles. The number of fused-ring (bicyclic) bond motifs is 1. The van der Waals surface area contributed by atoms with Crippen LogP contribution in [-0.2, 0) is 4.79 Å². The van der Waals surface area contributed by atoms with E-state index in [1.807, 2.05) is 30.0 Å². The zero-order valence-corrected chi connectivity index (χ0v) is 13.4. The molecular formula is C18H26N2O2. The number of anilines is 1. The van der Waals surface area contributed by atoms with Crippen LogP contribution in [0.5, 0.6) is 5.75 Å². The molecule has 0 radical (unpaired) electrons. The first kappa shape index (κ1) is 15.3. The summed E-state index contributed by atoms with van der Waals surface area (Å²) in [5, 5.41) is 0. The normalized spacial score (nSPS) is 20.2. The summed E-state index contributed by atoms with van der Waals surface area (Å²) < 4.78 is 5.71. The fraction of sp³-hybridized carbons (Fsp3) is 0.611. The van der Waals surface area contributed by atoms with Crippen LogP contribution < -0.4 is 15.4 Å². The molecule has 120 valence electrons. The van der Waals surface area contributed by atoms with Gasteiger partial charge < -0.3 is 15.4 Å². The van der Waals surface area contributed by atoms with Crippen molar-refractivity contribution in [3.8, 4) is 5.75 Å². The van der Waals surface area contributed by atoms with Crippen molar-refractivity contribution in [1.82, 2.24) is 0 Å². The molecule has 1 fully saturated rings. The summed E-state index contributed by atoms with van der Waals surface area (Å²) >= 11 is 0. The maximum atomic E-state index is 12.9. The molecule has 0 aromatic heterocycles. The van der Waals surface area contributed by atoms with Crippen molar-refractivity contribution in [2.24, 2.45) is 11.1 Å². The molecule has 1 amide bonds. The van der Waals surface area contributed by atoms with Crippen molar-refractivity contribution in [2.75, 3.05) is 24.6 Å². The lowest BCUT2D eigenvalue weighted by Gasteiger charge is -2.38. The Morgan fingerprint density at radius 3 is 2.82 bits per heavy atom. The van der Waals surface area contributed by atoms with E-state index in [1.54, 1.807) is 0 Å². The minimum Gasteiger partial charge on any atom is -0.490 e. The fourth-order valence-corrected chi connectivity index (χ4v) is 3.76. The smallest absolute Gasteiger partial charge is 0.227 e. The highest BCUT2D eigenvalue weighted by Gasteiger charge is 2.35. The van der Waals surface area contributed by atoms with E-state index in [9.17, 15) is 4.79 Å². The topological polar surface area (TPSA) is 55.6 Å². The van der Waals surface area contributed by atoms with Gasteiger partial charge in [0.25, 0.3) is 0 Å². The van der Waals surface area contributed by atoms with Crippen LogP contribution in [0.1, 0.15) is 44.1 Å². The highest BCUT2D eigenvalue weighted by Crippen LogP contribution is 2.40. The highest BCUT2D eigenvalue weighted by molar-refractivity contribution is 5.95. The van der Waals surface area contributed by atoms with Gasteiger partial charge in [0.1, 0.15) is 12.4 Å². The summed E-state index contributed by atoms with van der Waals surface area (Å²) in [5.74, 6) is 1.02. The minimum atomic E-state index is 0.0124. The number of nitrogens with zero attached hydrogens (tertiary/aromatic N) is 1. The van der Waals surface area contributed by atoms with Crippen molar-refractivity contribution in [3.05, 3.63) is 23.8 Å². The quantitative estimate of drug-likeness (QED) is 0.933. The molecule has 0 atom stereocenters. The second-order valence-electron chi connectivity index (χ2n) is 6.81. The first-order chi connectivity index (χ1) is 10.6. The van der Waals surface area contributed by atoms with Gasteiger partial charge in [0.05, 0.1) is 12.2 Å². The van der Waals surface area contributed by atoms with Gasteiger partial charge in [-0.15, -0.1) is 0 Å². The van der Waals surface area contributed by atoms with Crippen LogP contribution in [0.2, 0.25) is 0 Å². The van der Waals surface area contributed by atoms with Gasteiger partial charge in [0.2, 0.25) is 5.91 Å². The van der Waals surface area contributed by atoms with Crippen LogP contribution in [-0.4, -0.2) is 25.6 Å². The average molecular weight is 302 g/mol. The Bertz CT molecular complexity index is 550. The first-order valence-corrected chi connectivity index (χ1v) is 8.37. The molecule has 1 aromatic carbocycles. The summed E-state index contributed by atoms with van der Waals surface area (Å²) in [6.45, 7) is 3.85. The van der Waals surface area contributed by atoms with E-state index >= 15 is 0 Å². The van der Waals surface area contributed by atoms with E-state index in [0.717, 1.165) is 29.8 Å². The van der Waals surface area contributed by atoms with Gasteiger partial charge in [-0.1, -0.05) is 25.3 Å². The predicted octanol–water partition coefficient (Wildman–Crippen LogP) is 3.02. The number of ether oxygens (including phenoxy) is 1. The molecule has 0 bridgehead atoms. The number of nitrogens with two attached hydrogens (primary N) is 1. The van der Waals surface area contributed by atoms with E-state index in [4.69, 9.17) is 10.5 Å². The minimum absolute atomic E-state index is 0.0124. The van der Waals surface area contributed by atoms with Crippen molar-refractivity contribution < 1.29 is 9.53 Å². The fourth-order valence-electron chi connectivity index (χ4n) is 3.76. The number of hydrogen-bond donors (Lipinski definition) is 1. The summed E-state index contributed by atoms with van der Waals surface area (Å²) in [7, 11) is 0. The standard InChI is InChI=1S/C18H26N2O2/c1-14-5-6-15-16(11-14)22-10-9-20(15)17(21)12-18(13-19)7-3-2-4-8-18/h5-6,11H,2-4,7-10,12-13,19H2,1H3. The SMILES string of the molecule is Cc1ccc2c(c1)OCCN2C(=O)CC1(CN)CCCCC1. The molecule has 22 heavy (non-hydrogen) atoms. The first-order valence-electron chi connectivity index (χ1n) is 8.37. The van der Waals surface area contributed by atoms with Crippen molar-refractivity contribution in [2.45, 2.75) is 45.4 Å². The summed E-state index contributed by atoms with van der Waals surface area (Å²) in [6, 6.07) is 6.04. The molecule has 2 N–H and O–H groups in total. The Labute approximate surface area is 132 Å². The van der Waals surface area contributed by atoms with Crippen molar-refractivity contribution in [3.63, 3.8) is 0 Å². The highest BCUT2D eigenvalue weighted by atomic mass is 16.5. The number of benzene rings is 1. The molecule has 1 heterocycles. The monoisotopic (exact) mass is 302 g/mol. The largest absolute Gasteiger partial charge is 0.490 e. The second-order valence-corrected chi connectivity index (χ2v) is 6.81. The van der Waals surface area contributed by atoms with E-state index in [1.165, 1.54) is 19.3 Å². The molecule has 0 saturated heterocycles. The van der Waals surface area contributed by atoms with Gasteiger partial charge in [-0.3, -0.25) is 4.79 Å². The Morgan fingerprint density at radius 2 is 2.09 bits per heavy atom. The maximum Gasteiger partial charge on any atom is 0.227 e. The summed E-state index contributed by atoms with van der Waals surface area (Å²) in [6.07, 6.45) is 6.40. The van der Waals surface area contributed by atoms with Gasteiger partial charge in [0.15, 0.2) is 0 Å². The molecule has 3 rings (SSSR count). The van der Waals surface area contributed by atoms with Crippen LogP contribution >= 0.6 is 0 Å². The number of carbonyl (C=O) groups excluding carboxylic acids is 1. The predicted molar refractivity (Wildman–Crippen MR) is 88.2 cm³/mol. The lowest BCUT2D eigenvalue weighted by atomic mass is 9.71. The molecule has 4 heteroatoms. The molecule has 1 saturated carbocycles. The van der Waals surface area contributed by atoms with Crippen molar-refractivity contribution >= 4 is 11.6 Å². The zero-order valence-electron chi connectivity index (χ0n) is 13.4. The third-order valence-corrected chi connectivity index (χ3v) is 5.15. The van der Waals surface area contributed by atoms with Gasteiger partial charge in [-0.2, -0.15) is 0 Å². The van der Waals surface area contributed by atoms with Gasteiger partial charge in [0, 0.05) is 6.42 Å². The molecule has 4 nitrogen and oxygen atoms in total. The van der Waals surface area contributed by atoms with Crippen LogP contribution in [0.4, 0.5) is 5.69 Å². The van der Waals surface area contributed by atoms with Gasteiger partial charge in [-0.05, 0) is 49.4 Å². The number of amides is 1. The van der Waals surface area contributed by atoms with E-state index in [2.05, 4.69) is 0 Å². The molecular weight excluding hydrogens is 276 g/mol. The van der Waals surface area contributed by atoms with Crippen LogP contribution in [0.15, 0.2) is 18.2 Å². The second kappa shape index (κ2) is 6.29. The molecule has 0 unspecified atom stereocenters. The molecule has 1 aromatic rings. The number of carbonyl (C=O) groups is 1. The lowest BCUT2D eigenvalue weighted by molar-refractivity contribution is -0.121. The summed E-state index contributed by atoms with van der Waals surface area (Å²) in [4.78, 5) is 14.8. The summed E-state index contributed by atoms with van der Waals surface area (Å²) in [5.41, 5.74) is 8.11. The molecule has 1 aliphatic heterocycles. The maximum absolute atomic E-state index is 12.9. The third-order valence-electron chi connectivity index (χ3n) is 5.15. The van der Waals surface area contributed by atoms with Gasteiger partial charge in [-0.25, -0.2) is 0 Å². The van der Waals surface area contributed by atoms with Gasteiger partial charge >= 0.3 is 0 Å².